The zero-order chi connectivity index (χ0) is 12.9. The molecule has 0 rings (SSSR count). The molecular formula is C11H21NO4. The summed E-state index contributed by atoms with van der Waals surface area (Å²) in [6.07, 6.45) is 0.139. The highest BCUT2D eigenvalue weighted by molar-refractivity contribution is 5.84. The largest absolute Gasteiger partial charge is 0.480 e. The molecule has 0 radical (unpaired) electrons. The van der Waals surface area contributed by atoms with E-state index in [4.69, 9.17) is 9.84 Å². The van der Waals surface area contributed by atoms with E-state index in [0.29, 0.717) is 0 Å². The number of carboxylic acid groups (broad SMARTS) is 1. The number of hydrogen-bond donors (Lipinski definition) is 2. The number of rotatable bonds is 6. The van der Waals surface area contributed by atoms with E-state index in [1.807, 2.05) is 0 Å². The van der Waals surface area contributed by atoms with Crippen molar-refractivity contribution in [3.8, 4) is 0 Å². The summed E-state index contributed by atoms with van der Waals surface area (Å²) in [7, 11) is 1.52. The van der Waals surface area contributed by atoms with Crippen LogP contribution in [0, 0.1) is 5.92 Å². The monoisotopic (exact) mass is 231 g/mol. The van der Waals surface area contributed by atoms with Crippen LogP contribution < -0.4 is 5.32 Å². The molecule has 1 atom stereocenters. The zero-order valence-corrected chi connectivity index (χ0v) is 10.5. The third kappa shape index (κ3) is 5.11. The molecule has 94 valence electrons. The normalized spacial score (nSPS) is 13.6. The van der Waals surface area contributed by atoms with E-state index < -0.39 is 17.6 Å². The number of carbonyl (C=O) groups is 2. The molecule has 0 spiro atoms. The van der Waals surface area contributed by atoms with Crippen LogP contribution in [0.15, 0.2) is 0 Å². The highest BCUT2D eigenvalue weighted by Gasteiger charge is 2.27. The van der Waals surface area contributed by atoms with Gasteiger partial charge in [-0.3, -0.25) is 4.79 Å². The summed E-state index contributed by atoms with van der Waals surface area (Å²) in [6, 6.07) is -0.847. The molecule has 2 N–H and O–H groups in total. The molecule has 0 heterocycles. The Balaban J connectivity index is 4.37. The maximum atomic E-state index is 11.6. The van der Waals surface area contributed by atoms with Gasteiger partial charge in [0.1, 0.15) is 6.04 Å². The molecule has 0 aliphatic heterocycles. The molecule has 0 bridgehead atoms. The van der Waals surface area contributed by atoms with Crippen LogP contribution >= 0.6 is 0 Å². The second-order valence-electron chi connectivity index (χ2n) is 4.77. The van der Waals surface area contributed by atoms with Gasteiger partial charge in [0, 0.05) is 7.11 Å². The number of ether oxygens (including phenoxy) is 1. The molecule has 0 aromatic carbocycles. The van der Waals surface area contributed by atoms with Crippen molar-refractivity contribution < 1.29 is 19.4 Å². The fourth-order valence-electron chi connectivity index (χ4n) is 1.20. The second kappa shape index (κ2) is 5.84. The molecule has 16 heavy (non-hydrogen) atoms. The molecule has 0 aliphatic carbocycles. The van der Waals surface area contributed by atoms with Crippen LogP contribution in [0.2, 0.25) is 0 Å². The third-order valence-electron chi connectivity index (χ3n) is 2.39. The highest BCUT2D eigenvalue weighted by Crippen LogP contribution is 2.13. The van der Waals surface area contributed by atoms with Crippen molar-refractivity contribution in [2.24, 2.45) is 5.92 Å². The SMILES string of the molecule is COC(C)(C)CC(=O)N[C@H](C(=O)O)C(C)C. The molecule has 1 amide bonds. The fourth-order valence-corrected chi connectivity index (χ4v) is 1.20. The minimum absolute atomic E-state index is 0.139. The summed E-state index contributed by atoms with van der Waals surface area (Å²) in [5.74, 6) is -1.47. The lowest BCUT2D eigenvalue weighted by molar-refractivity contribution is -0.144. The predicted octanol–water partition coefficient (Wildman–Crippen LogP) is 1.03. The van der Waals surface area contributed by atoms with Crippen molar-refractivity contribution in [3.05, 3.63) is 0 Å². The van der Waals surface area contributed by atoms with E-state index in [1.165, 1.54) is 7.11 Å². The minimum atomic E-state index is -1.02. The molecule has 5 heteroatoms. The average molecular weight is 231 g/mol. The van der Waals surface area contributed by atoms with E-state index in [2.05, 4.69) is 5.32 Å². The van der Waals surface area contributed by atoms with E-state index >= 15 is 0 Å². The first-order valence-electron chi connectivity index (χ1n) is 5.27. The summed E-state index contributed by atoms with van der Waals surface area (Å²) in [5, 5.41) is 11.4. The molecule has 0 saturated heterocycles. The smallest absolute Gasteiger partial charge is 0.326 e. The number of aliphatic carboxylic acids is 1. The molecule has 0 fully saturated rings. The summed E-state index contributed by atoms with van der Waals surface area (Å²) in [5.41, 5.74) is -0.579. The molecule has 0 saturated carbocycles. The maximum absolute atomic E-state index is 11.6. The number of carboxylic acids is 1. The van der Waals surface area contributed by atoms with E-state index in [1.54, 1.807) is 27.7 Å². The topological polar surface area (TPSA) is 75.6 Å². The summed E-state index contributed by atoms with van der Waals surface area (Å²) >= 11 is 0. The lowest BCUT2D eigenvalue weighted by Crippen LogP contribution is -2.46. The molecule has 0 unspecified atom stereocenters. The lowest BCUT2D eigenvalue weighted by atomic mass is 10.0. The van der Waals surface area contributed by atoms with Crippen LogP contribution in [0.1, 0.15) is 34.1 Å². The van der Waals surface area contributed by atoms with Crippen molar-refractivity contribution in [2.75, 3.05) is 7.11 Å². The van der Waals surface area contributed by atoms with Gasteiger partial charge in [-0.1, -0.05) is 13.8 Å². The van der Waals surface area contributed by atoms with Gasteiger partial charge in [0.15, 0.2) is 0 Å². The van der Waals surface area contributed by atoms with Crippen LogP contribution in [0.3, 0.4) is 0 Å². The fraction of sp³-hybridized carbons (Fsp3) is 0.818. The molecule has 0 aromatic rings. The maximum Gasteiger partial charge on any atom is 0.326 e. The number of carbonyl (C=O) groups excluding carboxylic acids is 1. The highest BCUT2D eigenvalue weighted by atomic mass is 16.5. The van der Waals surface area contributed by atoms with E-state index in [0.717, 1.165) is 0 Å². The van der Waals surface area contributed by atoms with Gasteiger partial charge in [-0.05, 0) is 19.8 Å². The number of methoxy groups -OCH3 is 1. The number of amides is 1. The standard InChI is InChI=1S/C11H21NO4/c1-7(2)9(10(14)15)12-8(13)6-11(3,4)16-5/h7,9H,6H2,1-5H3,(H,12,13)(H,14,15)/t9-/m0/s1. The van der Waals surface area contributed by atoms with Gasteiger partial charge in [-0.15, -0.1) is 0 Å². The van der Waals surface area contributed by atoms with Gasteiger partial charge in [0.05, 0.1) is 12.0 Å². The van der Waals surface area contributed by atoms with Crippen molar-refractivity contribution in [1.29, 1.82) is 0 Å². The molecule has 0 aliphatic rings. The van der Waals surface area contributed by atoms with Gasteiger partial charge < -0.3 is 15.2 Å². The van der Waals surface area contributed by atoms with Crippen LogP contribution in [-0.4, -0.2) is 35.7 Å². The Morgan fingerprint density at radius 1 is 1.38 bits per heavy atom. The Labute approximate surface area is 96.2 Å². The minimum Gasteiger partial charge on any atom is -0.480 e. The van der Waals surface area contributed by atoms with Gasteiger partial charge in [-0.2, -0.15) is 0 Å². The van der Waals surface area contributed by atoms with Crippen molar-refractivity contribution in [2.45, 2.75) is 45.8 Å². The first kappa shape index (κ1) is 14.9. The van der Waals surface area contributed by atoms with Gasteiger partial charge in [-0.25, -0.2) is 4.79 Å². The summed E-state index contributed by atoms with van der Waals surface area (Å²) in [6.45, 7) is 7.05. The van der Waals surface area contributed by atoms with Gasteiger partial charge >= 0.3 is 5.97 Å². The third-order valence-corrected chi connectivity index (χ3v) is 2.39. The Morgan fingerprint density at radius 3 is 2.19 bits per heavy atom. The van der Waals surface area contributed by atoms with Crippen molar-refractivity contribution in [3.63, 3.8) is 0 Å². The first-order chi connectivity index (χ1) is 7.19. The van der Waals surface area contributed by atoms with Crippen LogP contribution in [0.4, 0.5) is 0 Å². The lowest BCUT2D eigenvalue weighted by Gasteiger charge is -2.24. The molecular weight excluding hydrogens is 210 g/mol. The first-order valence-corrected chi connectivity index (χ1v) is 5.27. The Bertz CT molecular complexity index is 261. The summed E-state index contributed by atoms with van der Waals surface area (Å²) in [4.78, 5) is 22.4. The predicted molar refractivity (Wildman–Crippen MR) is 60.1 cm³/mol. The van der Waals surface area contributed by atoms with E-state index in [-0.39, 0.29) is 18.2 Å². The van der Waals surface area contributed by atoms with Crippen LogP contribution in [-0.2, 0) is 14.3 Å². The molecule has 0 aromatic heterocycles. The van der Waals surface area contributed by atoms with Crippen LogP contribution in [0.5, 0.6) is 0 Å². The average Bonchev–Trinajstić information content (AvgIpc) is 2.12. The quantitative estimate of drug-likeness (QED) is 0.715. The van der Waals surface area contributed by atoms with Crippen LogP contribution in [0.25, 0.3) is 0 Å². The van der Waals surface area contributed by atoms with Gasteiger partial charge in [0.25, 0.3) is 0 Å². The Hall–Kier alpha value is -1.10. The second-order valence-corrected chi connectivity index (χ2v) is 4.77. The number of hydrogen-bond acceptors (Lipinski definition) is 3. The van der Waals surface area contributed by atoms with E-state index in [9.17, 15) is 9.59 Å². The van der Waals surface area contributed by atoms with Crippen molar-refractivity contribution >= 4 is 11.9 Å². The zero-order valence-electron chi connectivity index (χ0n) is 10.5. The van der Waals surface area contributed by atoms with Gasteiger partial charge in [0.2, 0.25) is 5.91 Å². The summed E-state index contributed by atoms with van der Waals surface area (Å²) < 4.78 is 5.10. The Morgan fingerprint density at radius 2 is 1.88 bits per heavy atom. The molecule has 5 nitrogen and oxygen atoms in total. The Kier molecular flexibility index (Phi) is 5.44. The number of nitrogens with one attached hydrogen (secondary N) is 1. The van der Waals surface area contributed by atoms with Crippen molar-refractivity contribution in [1.82, 2.24) is 5.32 Å².